The number of hydrogen-bond donors (Lipinski definition) is 1. The number of aryl methyl sites for hydroxylation is 1. The topological polar surface area (TPSA) is 36.4 Å². The van der Waals surface area contributed by atoms with E-state index in [0.29, 0.717) is 0 Å². The molecule has 96 valence electrons. The molecule has 1 aromatic carbocycles. The van der Waals surface area contributed by atoms with E-state index in [2.05, 4.69) is 22.0 Å². The predicted molar refractivity (Wildman–Crippen MR) is 74.5 cm³/mol. The second kappa shape index (κ2) is 5.46. The zero-order valence-electron chi connectivity index (χ0n) is 11.2. The molecular formula is C15H20N2O. The highest BCUT2D eigenvalue weighted by Crippen LogP contribution is 2.19. The van der Waals surface area contributed by atoms with Gasteiger partial charge in [-0.25, -0.2) is 0 Å². The van der Waals surface area contributed by atoms with Crippen molar-refractivity contribution in [3.05, 3.63) is 41.6 Å². The summed E-state index contributed by atoms with van der Waals surface area (Å²) >= 11 is 0. The molecule has 0 aliphatic heterocycles. The van der Waals surface area contributed by atoms with Gasteiger partial charge in [-0.05, 0) is 38.6 Å². The Morgan fingerprint density at radius 1 is 1.33 bits per heavy atom. The Balaban J connectivity index is 2.38. The minimum absolute atomic E-state index is 0.164. The Morgan fingerprint density at radius 3 is 2.78 bits per heavy atom. The molecule has 1 atom stereocenters. The fourth-order valence-corrected chi connectivity index (χ4v) is 2.09. The average Bonchev–Trinajstić information content (AvgIpc) is 2.37. The monoisotopic (exact) mass is 244 g/mol. The van der Waals surface area contributed by atoms with Gasteiger partial charge in [-0.1, -0.05) is 18.2 Å². The summed E-state index contributed by atoms with van der Waals surface area (Å²) in [5.74, 6) is 0. The lowest BCUT2D eigenvalue weighted by Crippen LogP contribution is -2.31. The Morgan fingerprint density at radius 2 is 2.06 bits per heavy atom. The van der Waals surface area contributed by atoms with Gasteiger partial charge in [-0.15, -0.1) is 0 Å². The normalized spacial score (nSPS) is 13.2. The van der Waals surface area contributed by atoms with Crippen molar-refractivity contribution in [3.8, 4) is 0 Å². The van der Waals surface area contributed by atoms with E-state index in [9.17, 15) is 5.11 Å². The molecule has 0 saturated carbocycles. The van der Waals surface area contributed by atoms with Crippen molar-refractivity contribution in [2.24, 2.45) is 0 Å². The predicted octanol–water partition coefficient (Wildman–Crippen LogP) is 2.36. The van der Waals surface area contributed by atoms with E-state index >= 15 is 0 Å². The fraction of sp³-hybridized carbons (Fsp3) is 0.400. The number of nitrogens with zero attached hydrogens (tertiary/aromatic N) is 2. The molecule has 0 amide bonds. The van der Waals surface area contributed by atoms with E-state index in [4.69, 9.17) is 0 Å². The average molecular weight is 244 g/mol. The van der Waals surface area contributed by atoms with E-state index in [1.165, 1.54) is 10.9 Å². The summed E-state index contributed by atoms with van der Waals surface area (Å²) in [5.41, 5.74) is 3.34. The van der Waals surface area contributed by atoms with Gasteiger partial charge in [0.05, 0.1) is 12.1 Å². The number of rotatable bonds is 4. The van der Waals surface area contributed by atoms with Crippen LogP contribution in [-0.4, -0.2) is 34.7 Å². The lowest BCUT2D eigenvalue weighted by molar-refractivity contribution is 0.154. The second-order valence-electron chi connectivity index (χ2n) is 4.89. The molecule has 1 N–H and O–H groups in total. The first kappa shape index (κ1) is 13.0. The van der Waals surface area contributed by atoms with Crippen LogP contribution in [0.5, 0.6) is 0 Å². The van der Waals surface area contributed by atoms with Crippen molar-refractivity contribution in [2.45, 2.75) is 26.4 Å². The number of benzene rings is 1. The summed E-state index contributed by atoms with van der Waals surface area (Å²) < 4.78 is 0. The zero-order chi connectivity index (χ0) is 13.1. The van der Waals surface area contributed by atoms with Crippen molar-refractivity contribution in [2.75, 3.05) is 13.7 Å². The van der Waals surface area contributed by atoms with Gasteiger partial charge in [-0.3, -0.25) is 9.88 Å². The summed E-state index contributed by atoms with van der Waals surface area (Å²) in [6.45, 7) is 5.05. The van der Waals surface area contributed by atoms with Crippen LogP contribution in [0.1, 0.15) is 18.2 Å². The van der Waals surface area contributed by atoms with Gasteiger partial charge >= 0.3 is 0 Å². The number of aliphatic hydroxyl groups excluding tert-OH is 1. The third-order valence-electron chi connectivity index (χ3n) is 3.37. The number of aromatic nitrogens is 1. The van der Waals surface area contributed by atoms with Gasteiger partial charge in [0.15, 0.2) is 0 Å². The third kappa shape index (κ3) is 2.68. The lowest BCUT2D eigenvalue weighted by Gasteiger charge is -2.23. The number of aliphatic hydroxyl groups is 1. The molecule has 18 heavy (non-hydrogen) atoms. The van der Waals surface area contributed by atoms with E-state index in [0.717, 1.165) is 17.8 Å². The van der Waals surface area contributed by atoms with Gasteiger partial charge in [0, 0.05) is 23.7 Å². The molecule has 0 saturated heterocycles. The van der Waals surface area contributed by atoms with Gasteiger partial charge in [0.1, 0.15) is 0 Å². The van der Waals surface area contributed by atoms with Crippen LogP contribution >= 0.6 is 0 Å². The third-order valence-corrected chi connectivity index (χ3v) is 3.37. The quantitative estimate of drug-likeness (QED) is 0.897. The Bertz CT molecular complexity index is 539. The summed E-state index contributed by atoms with van der Waals surface area (Å²) in [4.78, 5) is 6.69. The molecule has 0 spiro atoms. The van der Waals surface area contributed by atoms with Crippen LogP contribution in [0.15, 0.2) is 30.3 Å². The van der Waals surface area contributed by atoms with Gasteiger partial charge in [-0.2, -0.15) is 0 Å². The molecule has 3 heteroatoms. The van der Waals surface area contributed by atoms with Crippen LogP contribution in [0.25, 0.3) is 10.9 Å². The standard InChI is InChI=1S/C15H20N2O/c1-11-8-13(9-17(3)12(2)10-18)14-6-4-5-7-15(14)16-11/h4-8,12,18H,9-10H2,1-3H3. The molecule has 0 aliphatic carbocycles. The molecule has 2 rings (SSSR count). The summed E-state index contributed by atoms with van der Waals surface area (Å²) in [5, 5.41) is 10.4. The number of likely N-dealkylation sites (N-methyl/N-ethyl adjacent to an activating group) is 1. The maximum Gasteiger partial charge on any atom is 0.0708 e. The highest BCUT2D eigenvalue weighted by atomic mass is 16.3. The van der Waals surface area contributed by atoms with Crippen LogP contribution in [0.2, 0.25) is 0 Å². The van der Waals surface area contributed by atoms with E-state index in [-0.39, 0.29) is 12.6 Å². The molecule has 1 aromatic heterocycles. The van der Waals surface area contributed by atoms with Crippen molar-refractivity contribution >= 4 is 10.9 Å². The van der Waals surface area contributed by atoms with Crippen LogP contribution in [-0.2, 0) is 6.54 Å². The molecule has 2 aromatic rings. The van der Waals surface area contributed by atoms with Gasteiger partial charge < -0.3 is 5.11 Å². The molecule has 0 fully saturated rings. The van der Waals surface area contributed by atoms with E-state index < -0.39 is 0 Å². The molecular weight excluding hydrogens is 224 g/mol. The zero-order valence-corrected chi connectivity index (χ0v) is 11.2. The Kier molecular flexibility index (Phi) is 3.94. The SMILES string of the molecule is Cc1cc(CN(C)C(C)CO)c2ccccc2n1. The molecule has 0 aliphatic rings. The summed E-state index contributed by atoms with van der Waals surface area (Å²) in [6, 6.07) is 10.5. The van der Waals surface area contributed by atoms with Crippen molar-refractivity contribution < 1.29 is 5.11 Å². The Hall–Kier alpha value is -1.45. The second-order valence-corrected chi connectivity index (χ2v) is 4.89. The molecule has 1 heterocycles. The summed E-state index contributed by atoms with van der Waals surface area (Å²) in [7, 11) is 2.03. The highest BCUT2D eigenvalue weighted by Gasteiger charge is 2.11. The molecule has 3 nitrogen and oxygen atoms in total. The highest BCUT2D eigenvalue weighted by molar-refractivity contribution is 5.82. The van der Waals surface area contributed by atoms with Gasteiger partial charge in [0.25, 0.3) is 0 Å². The van der Waals surface area contributed by atoms with Gasteiger partial charge in [0.2, 0.25) is 0 Å². The van der Waals surface area contributed by atoms with Crippen LogP contribution in [0, 0.1) is 6.92 Å². The maximum absolute atomic E-state index is 9.20. The van der Waals surface area contributed by atoms with Crippen molar-refractivity contribution in [1.29, 1.82) is 0 Å². The largest absolute Gasteiger partial charge is 0.395 e. The van der Waals surface area contributed by atoms with Crippen LogP contribution in [0.4, 0.5) is 0 Å². The van der Waals surface area contributed by atoms with Crippen molar-refractivity contribution in [3.63, 3.8) is 0 Å². The first-order valence-corrected chi connectivity index (χ1v) is 6.28. The van der Waals surface area contributed by atoms with Crippen LogP contribution < -0.4 is 0 Å². The first-order chi connectivity index (χ1) is 8.61. The van der Waals surface area contributed by atoms with Crippen molar-refractivity contribution in [1.82, 2.24) is 9.88 Å². The minimum atomic E-state index is 0.164. The number of hydrogen-bond acceptors (Lipinski definition) is 3. The number of pyridine rings is 1. The van der Waals surface area contributed by atoms with E-state index in [1.54, 1.807) is 0 Å². The number of fused-ring (bicyclic) bond motifs is 1. The number of para-hydroxylation sites is 1. The molecule has 0 radical (unpaired) electrons. The lowest BCUT2D eigenvalue weighted by atomic mass is 10.1. The summed E-state index contributed by atoms with van der Waals surface area (Å²) in [6.07, 6.45) is 0. The first-order valence-electron chi connectivity index (χ1n) is 6.28. The Labute approximate surface area is 108 Å². The molecule has 0 bridgehead atoms. The minimum Gasteiger partial charge on any atom is -0.395 e. The van der Waals surface area contributed by atoms with E-state index in [1.807, 2.05) is 39.1 Å². The molecule has 1 unspecified atom stereocenters. The maximum atomic E-state index is 9.20. The van der Waals surface area contributed by atoms with Crippen LogP contribution in [0.3, 0.4) is 0 Å². The smallest absolute Gasteiger partial charge is 0.0708 e. The fourth-order valence-electron chi connectivity index (χ4n) is 2.09.